The molecule has 1 amide bonds. The third kappa shape index (κ3) is 8.58. The highest BCUT2D eigenvalue weighted by atomic mass is 35.5. The molecule has 1 aromatic heterocycles. The van der Waals surface area contributed by atoms with Crippen molar-refractivity contribution in [1.82, 2.24) is 14.9 Å². The molecule has 0 saturated carbocycles. The van der Waals surface area contributed by atoms with Gasteiger partial charge in [0.15, 0.2) is 0 Å². The van der Waals surface area contributed by atoms with Crippen LogP contribution >= 0.6 is 11.6 Å². The minimum absolute atomic E-state index is 0.241. The van der Waals surface area contributed by atoms with Crippen molar-refractivity contribution < 1.29 is 9.53 Å². The van der Waals surface area contributed by atoms with Crippen molar-refractivity contribution in [3.05, 3.63) is 64.8 Å². The number of aromatic nitrogens is 2. The average molecular weight is 445 g/mol. The number of rotatable bonds is 11. The van der Waals surface area contributed by atoms with Crippen LogP contribution in [0.5, 0.6) is 0 Å². The van der Waals surface area contributed by atoms with E-state index in [1.165, 1.54) is 5.56 Å². The number of aliphatic imine (C=N–C) groups is 1. The number of carbonyl (C=O) groups excluding carboxylic acids is 1. The van der Waals surface area contributed by atoms with Crippen LogP contribution in [0.1, 0.15) is 56.1 Å². The number of amides is 1. The van der Waals surface area contributed by atoms with Crippen LogP contribution in [0.15, 0.2) is 47.3 Å². The number of aryl methyl sites for hydroxylation is 1. The van der Waals surface area contributed by atoms with Gasteiger partial charge < -0.3 is 14.6 Å². The van der Waals surface area contributed by atoms with E-state index >= 15 is 0 Å². The maximum atomic E-state index is 12.0. The Morgan fingerprint density at radius 2 is 2.06 bits per heavy atom. The summed E-state index contributed by atoms with van der Waals surface area (Å²) in [5, 5.41) is 3.06. The second kappa shape index (κ2) is 12.3. The van der Waals surface area contributed by atoms with Crippen LogP contribution in [0, 0.1) is 12.8 Å². The lowest BCUT2D eigenvalue weighted by atomic mass is 10.0. The molecule has 0 aliphatic heterocycles. The highest BCUT2D eigenvalue weighted by Gasteiger charge is 2.10. The van der Waals surface area contributed by atoms with Gasteiger partial charge in [-0.25, -0.2) is 14.8 Å². The Morgan fingerprint density at radius 1 is 1.32 bits per heavy atom. The number of hydrogen-bond donors (Lipinski definition) is 1. The Bertz CT molecular complexity index is 918. The molecule has 6 nitrogen and oxygen atoms in total. The highest BCUT2D eigenvalue weighted by Crippen LogP contribution is 2.12. The molecule has 1 heterocycles. The fraction of sp³-hybridized carbons (Fsp3) is 0.458. The van der Waals surface area contributed by atoms with Gasteiger partial charge in [0.2, 0.25) is 0 Å². The van der Waals surface area contributed by atoms with Gasteiger partial charge in [0.05, 0.1) is 18.6 Å². The molecule has 2 rings (SSSR count). The van der Waals surface area contributed by atoms with E-state index in [0.717, 1.165) is 48.5 Å². The molecular formula is C24H33ClN4O2. The molecule has 0 aliphatic rings. The number of benzene rings is 1. The van der Waals surface area contributed by atoms with Gasteiger partial charge in [0, 0.05) is 18.8 Å². The normalized spacial score (nSPS) is 11.6. The van der Waals surface area contributed by atoms with E-state index in [2.05, 4.69) is 52.4 Å². The van der Waals surface area contributed by atoms with Crippen LogP contribution in [-0.2, 0) is 24.2 Å². The number of hydrogen-bond acceptors (Lipinski definition) is 4. The summed E-state index contributed by atoms with van der Waals surface area (Å²) in [6.45, 7) is 13.5. The fourth-order valence-corrected chi connectivity index (χ4v) is 3.50. The molecule has 31 heavy (non-hydrogen) atoms. The number of nitrogens with zero attached hydrogens (tertiary/aromatic N) is 3. The van der Waals surface area contributed by atoms with E-state index in [1.54, 1.807) is 6.33 Å². The van der Waals surface area contributed by atoms with E-state index < -0.39 is 0 Å². The minimum atomic E-state index is -0.386. The Hall–Kier alpha value is -2.60. The summed E-state index contributed by atoms with van der Waals surface area (Å²) in [6, 6.07) is 8.30. The molecule has 0 unspecified atom stereocenters. The summed E-state index contributed by atoms with van der Waals surface area (Å²) in [6.07, 6.45) is 4.09. The lowest BCUT2D eigenvalue weighted by Gasteiger charge is -2.10. The predicted molar refractivity (Wildman–Crippen MR) is 127 cm³/mol. The second-order valence-corrected chi connectivity index (χ2v) is 8.50. The predicted octanol–water partition coefficient (Wildman–Crippen LogP) is 5.62. The third-order valence-electron chi connectivity index (χ3n) is 4.83. The molecule has 0 spiro atoms. The van der Waals surface area contributed by atoms with Gasteiger partial charge in [-0.2, -0.15) is 0 Å². The number of ether oxygens (including phenoxy) is 1. The summed E-state index contributed by atoms with van der Waals surface area (Å²) in [5.74, 6) is 0.605. The van der Waals surface area contributed by atoms with Crippen molar-refractivity contribution >= 4 is 23.4 Å². The SMILES string of the molecule is C=C(Cl)/N=C(/C)c1ncn(CCCCOC(=O)NCc2cccc(CC(C)C)c2)c1C. The zero-order valence-electron chi connectivity index (χ0n) is 18.9. The van der Waals surface area contributed by atoms with Crippen molar-refractivity contribution in [2.24, 2.45) is 10.9 Å². The molecule has 0 radical (unpaired) electrons. The number of carbonyl (C=O) groups is 1. The van der Waals surface area contributed by atoms with E-state index in [1.807, 2.05) is 26.0 Å². The van der Waals surface area contributed by atoms with Crippen molar-refractivity contribution in [2.75, 3.05) is 6.61 Å². The Kier molecular flexibility index (Phi) is 9.79. The molecule has 1 aromatic carbocycles. The van der Waals surface area contributed by atoms with Gasteiger partial charge in [0.25, 0.3) is 0 Å². The van der Waals surface area contributed by atoms with Gasteiger partial charge in [-0.1, -0.05) is 56.3 Å². The summed E-state index contributed by atoms with van der Waals surface area (Å²) in [7, 11) is 0. The Balaban J connectivity index is 1.69. The highest BCUT2D eigenvalue weighted by molar-refractivity contribution is 6.30. The summed E-state index contributed by atoms with van der Waals surface area (Å²) >= 11 is 5.74. The monoisotopic (exact) mass is 444 g/mol. The van der Waals surface area contributed by atoms with Gasteiger partial charge >= 0.3 is 6.09 Å². The molecule has 0 atom stereocenters. The molecule has 0 fully saturated rings. The number of alkyl carbamates (subject to hydrolysis) is 1. The van der Waals surface area contributed by atoms with Crippen LogP contribution in [0.4, 0.5) is 4.79 Å². The summed E-state index contributed by atoms with van der Waals surface area (Å²) in [5.41, 5.74) is 4.95. The Labute approximate surface area is 190 Å². The molecule has 7 heteroatoms. The van der Waals surface area contributed by atoms with E-state index in [4.69, 9.17) is 16.3 Å². The van der Waals surface area contributed by atoms with Crippen molar-refractivity contribution in [1.29, 1.82) is 0 Å². The molecule has 2 aromatic rings. The van der Waals surface area contributed by atoms with Crippen LogP contribution in [0.25, 0.3) is 0 Å². The van der Waals surface area contributed by atoms with E-state index in [0.29, 0.717) is 19.1 Å². The molecule has 1 N–H and O–H groups in total. The number of halogens is 1. The van der Waals surface area contributed by atoms with Gasteiger partial charge in [0.1, 0.15) is 10.9 Å². The van der Waals surface area contributed by atoms with Gasteiger partial charge in [-0.05, 0) is 50.2 Å². The third-order valence-corrected chi connectivity index (χ3v) is 4.91. The lowest BCUT2D eigenvalue weighted by molar-refractivity contribution is 0.143. The van der Waals surface area contributed by atoms with Crippen LogP contribution in [0.3, 0.4) is 0 Å². The number of unbranched alkanes of at least 4 members (excludes halogenated alkanes) is 1. The topological polar surface area (TPSA) is 68.5 Å². The van der Waals surface area contributed by atoms with Crippen molar-refractivity contribution in [3.63, 3.8) is 0 Å². The Morgan fingerprint density at radius 3 is 2.77 bits per heavy atom. The number of imidazole rings is 1. The van der Waals surface area contributed by atoms with Crippen molar-refractivity contribution in [3.8, 4) is 0 Å². The van der Waals surface area contributed by atoms with E-state index in [9.17, 15) is 4.79 Å². The summed E-state index contributed by atoms with van der Waals surface area (Å²) in [4.78, 5) is 20.5. The first-order chi connectivity index (χ1) is 14.8. The molecule has 168 valence electrons. The van der Waals surface area contributed by atoms with Gasteiger partial charge in [-0.15, -0.1) is 0 Å². The lowest BCUT2D eigenvalue weighted by Crippen LogP contribution is -2.24. The second-order valence-electron chi connectivity index (χ2n) is 8.06. The van der Waals surface area contributed by atoms with Crippen LogP contribution < -0.4 is 5.32 Å². The first kappa shape index (κ1) is 24.7. The number of nitrogens with one attached hydrogen (secondary N) is 1. The van der Waals surface area contributed by atoms with Crippen LogP contribution in [0.2, 0.25) is 0 Å². The molecule has 0 aliphatic carbocycles. The maximum Gasteiger partial charge on any atom is 0.407 e. The zero-order chi connectivity index (χ0) is 22.8. The van der Waals surface area contributed by atoms with Gasteiger partial charge in [-0.3, -0.25) is 0 Å². The first-order valence-electron chi connectivity index (χ1n) is 10.7. The van der Waals surface area contributed by atoms with E-state index in [-0.39, 0.29) is 11.2 Å². The zero-order valence-corrected chi connectivity index (χ0v) is 19.7. The standard InChI is InChI=1S/C24H33ClN4O2/c1-17(2)13-21-9-8-10-22(14-21)15-26-24(30)31-12-7-6-11-29-16-27-23(19(29)4)18(3)28-20(5)25/h8-10,14,16-17H,5-7,11-13,15H2,1-4H3,(H,26,30)/b28-18-. The smallest absolute Gasteiger partial charge is 0.407 e. The first-order valence-corrected chi connectivity index (χ1v) is 11.0. The maximum absolute atomic E-state index is 12.0. The largest absolute Gasteiger partial charge is 0.450 e. The fourth-order valence-electron chi connectivity index (χ4n) is 3.37. The van der Waals surface area contributed by atoms with Crippen molar-refractivity contribution in [2.45, 2.75) is 60.0 Å². The minimum Gasteiger partial charge on any atom is -0.450 e. The molecule has 0 saturated heterocycles. The quantitative estimate of drug-likeness (QED) is 0.278. The average Bonchev–Trinajstić information content (AvgIpc) is 3.06. The molecule has 0 bridgehead atoms. The summed E-state index contributed by atoms with van der Waals surface area (Å²) < 4.78 is 7.36. The van der Waals surface area contributed by atoms with Crippen LogP contribution in [-0.4, -0.2) is 28.0 Å². The molecular weight excluding hydrogens is 412 g/mol.